The summed E-state index contributed by atoms with van der Waals surface area (Å²) in [5.41, 5.74) is 1.60. The Hall–Kier alpha value is -2.44. The lowest BCUT2D eigenvalue weighted by atomic mass is 9.93. The predicted molar refractivity (Wildman–Crippen MR) is 107 cm³/mol. The van der Waals surface area contributed by atoms with Crippen LogP contribution in [0.15, 0.2) is 47.5 Å². The van der Waals surface area contributed by atoms with Gasteiger partial charge in [-0.15, -0.1) is 11.3 Å². The van der Waals surface area contributed by atoms with Gasteiger partial charge in [-0.25, -0.2) is 4.98 Å². The highest BCUT2D eigenvalue weighted by Crippen LogP contribution is 2.36. The van der Waals surface area contributed by atoms with Crippen molar-refractivity contribution < 1.29 is 0 Å². The molecule has 1 aliphatic carbocycles. The lowest BCUT2D eigenvalue weighted by molar-refractivity contribution is 0.446. The van der Waals surface area contributed by atoms with E-state index in [-0.39, 0.29) is 5.56 Å². The van der Waals surface area contributed by atoms with E-state index < -0.39 is 0 Å². The minimum atomic E-state index is -0.137. The van der Waals surface area contributed by atoms with Gasteiger partial charge in [0.1, 0.15) is 9.53 Å². The summed E-state index contributed by atoms with van der Waals surface area (Å²) in [6, 6.07) is 9.58. The predicted octanol–water partition coefficient (Wildman–Crippen LogP) is 4.61. The SMILES string of the molecule is O=c1c2sc3nccc(NC4CCC4)c3c2cnn1-c1ccc(Cl)cc1. The molecule has 26 heavy (non-hydrogen) atoms. The second-order valence-electron chi connectivity index (χ2n) is 6.49. The van der Waals surface area contributed by atoms with E-state index in [0.717, 1.165) is 21.3 Å². The third-order valence-corrected chi connectivity index (χ3v) is 6.21. The molecule has 0 spiro atoms. The first-order valence-corrected chi connectivity index (χ1v) is 9.72. The second kappa shape index (κ2) is 6.07. The number of anilines is 1. The average molecular weight is 383 g/mol. The normalized spacial score (nSPS) is 14.7. The summed E-state index contributed by atoms with van der Waals surface area (Å²) in [5, 5.41) is 10.5. The lowest BCUT2D eigenvalue weighted by Gasteiger charge is -2.27. The third-order valence-electron chi connectivity index (χ3n) is 4.85. The second-order valence-corrected chi connectivity index (χ2v) is 7.93. The molecule has 0 amide bonds. The number of nitrogens with one attached hydrogen (secondary N) is 1. The van der Waals surface area contributed by atoms with Crippen molar-refractivity contribution in [3.8, 4) is 5.69 Å². The Morgan fingerprint density at radius 1 is 1.19 bits per heavy atom. The van der Waals surface area contributed by atoms with Gasteiger partial charge < -0.3 is 5.32 Å². The van der Waals surface area contributed by atoms with Crippen LogP contribution in [0.3, 0.4) is 0 Å². The maximum Gasteiger partial charge on any atom is 0.289 e. The summed E-state index contributed by atoms with van der Waals surface area (Å²) in [6.45, 7) is 0. The fourth-order valence-corrected chi connectivity index (χ4v) is 4.44. The van der Waals surface area contributed by atoms with Crippen LogP contribution in [0.2, 0.25) is 5.02 Å². The molecule has 1 fully saturated rings. The van der Waals surface area contributed by atoms with Gasteiger partial charge in [0.25, 0.3) is 5.56 Å². The number of aromatic nitrogens is 3. The summed E-state index contributed by atoms with van der Waals surface area (Å²) >= 11 is 7.36. The number of nitrogens with zero attached hydrogens (tertiary/aromatic N) is 3. The van der Waals surface area contributed by atoms with Crippen LogP contribution in [0, 0.1) is 0 Å². The van der Waals surface area contributed by atoms with Crippen LogP contribution in [0.1, 0.15) is 19.3 Å². The number of fused-ring (bicyclic) bond motifs is 3. The molecule has 130 valence electrons. The van der Waals surface area contributed by atoms with E-state index in [1.807, 2.05) is 6.07 Å². The molecule has 0 saturated heterocycles. The van der Waals surface area contributed by atoms with Crippen molar-refractivity contribution in [2.45, 2.75) is 25.3 Å². The molecule has 3 heterocycles. The Balaban J connectivity index is 1.70. The molecular weight excluding hydrogens is 368 g/mol. The number of hydrogen-bond donors (Lipinski definition) is 1. The Morgan fingerprint density at radius 2 is 2.00 bits per heavy atom. The molecule has 4 aromatic rings. The summed E-state index contributed by atoms with van der Waals surface area (Å²) in [4.78, 5) is 18.3. The van der Waals surface area contributed by atoms with Crippen molar-refractivity contribution in [3.05, 3.63) is 58.1 Å². The van der Waals surface area contributed by atoms with Crippen molar-refractivity contribution in [1.82, 2.24) is 14.8 Å². The highest BCUT2D eigenvalue weighted by atomic mass is 35.5. The highest BCUT2D eigenvalue weighted by Gasteiger charge is 2.20. The maximum absolute atomic E-state index is 13.0. The zero-order valence-electron chi connectivity index (χ0n) is 13.8. The number of thiophene rings is 1. The Labute approximate surface area is 158 Å². The fourth-order valence-electron chi connectivity index (χ4n) is 3.25. The minimum Gasteiger partial charge on any atom is -0.382 e. The van der Waals surface area contributed by atoms with Gasteiger partial charge in [-0.3, -0.25) is 4.79 Å². The van der Waals surface area contributed by atoms with Crippen LogP contribution < -0.4 is 10.9 Å². The number of rotatable bonds is 3. The monoisotopic (exact) mass is 382 g/mol. The first kappa shape index (κ1) is 15.8. The van der Waals surface area contributed by atoms with E-state index in [0.29, 0.717) is 21.5 Å². The van der Waals surface area contributed by atoms with Gasteiger partial charge in [-0.2, -0.15) is 9.78 Å². The Kier molecular flexibility index (Phi) is 3.69. The van der Waals surface area contributed by atoms with Crippen LogP contribution in [0.5, 0.6) is 0 Å². The van der Waals surface area contributed by atoms with Gasteiger partial charge in [0.2, 0.25) is 0 Å². The van der Waals surface area contributed by atoms with Crippen LogP contribution in [-0.4, -0.2) is 20.8 Å². The van der Waals surface area contributed by atoms with Crippen LogP contribution >= 0.6 is 22.9 Å². The number of halogens is 1. The largest absolute Gasteiger partial charge is 0.382 e. The smallest absolute Gasteiger partial charge is 0.289 e. The summed E-state index contributed by atoms with van der Waals surface area (Å²) in [7, 11) is 0. The summed E-state index contributed by atoms with van der Waals surface area (Å²) in [5.74, 6) is 0. The van der Waals surface area contributed by atoms with E-state index in [1.165, 1.54) is 35.3 Å². The van der Waals surface area contributed by atoms with Crippen molar-refractivity contribution in [2.24, 2.45) is 0 Å². The van der Waals surface area contributed by atoms with Gasteiger partial charge in [-0.1, -0.05) is 11.6 Å². The molecule has 0 atom stereocenters. The Morgan fingerprint density at radius 3 is 2.73 bits per heavy atom. The van der Waals surface area contributed by atoms with Crippen LogP contribution in [0.25, 0.3) is 26.0 Å². The van der Waals surface area contributed by atoms with Crippen LogP contribution in [-0.2, 0) is 0 Å². The van der Waals surface area contributed by atoms with Crippen molar-refractivity contribution in [2.75, 3.05) is 5.32 Å². The number of benzene rings is 1. The van der Waals surface area contributed by atoms with Gasteiger partial charge in [0.05, 0.1) is 11.9 Å². The Bertz CT molecular complexity index is 1180. The first-order valence-electron chi connectivity index (χ1n) is 8.53. The van der Waals surface area contributed by atoms with E-state index in [4.69, 9.17) is 11.6 Å². The van der Waals surface area contributed by atoms with E-state index in [2.05, 4.69) is 15.4 Å². The highest BCUT2D eigenvalue weighted by molar-refractivity contribution is 7.25. The van der Waals surface area contributed by atoms with Gasteiger partial charge in [0, 0.05) is 33.7 Å². The maximum atomic E-state index is 13.0. The summed E-state index contributed by atoms with van der Waals surface area (Å²) < 4.78 is 2.08. The van der Waals surface area contributed by atoms with Gasteiger partial charge in [0.15, 0.2) is 0 Å². The standard InChI is InChI=1S/C19H15ClN4OS/c20-11-4-6-13(7-5-11)24-19(25)17-14(10-22-24)16-15(23-12-2-1-3-12)8-9-21-18(16)26-17/h4-10,12H,1-3H2,(H,21,23). The zero-order valence-corrected chi connectivity index (χ0v) is 15.3. The molecule has 1 aliphatic rings. The molecule has 1 saturated carbocycles. The quantitative estimate of drug-likeness (QED) is 0.562. The molecular formula is C19H15ClN4OS. The van der Waals surface area contributed by atoms with E-state index in [1.54, 1.807) is 36.7 Å². The number of pyridine rings is 1. The molecule has 1 aromatic carbocycles. The van der Waals surface area contributed by atoms with Crippen molar-refractivity contribution >= 4 is 48.9 Å². The molecule has 0 bridgehead atoms. The minimum absolute atomic E-state index is 0.137. The molecule has 0 unspecified atom stereocenters. The third kappa shape index (κ3) is 2.48. The molecule has 0 aliphatic heterocycles. The van der Waals surface area contributed by atoms with Crippen molar-refractivity contribution in [3.63, 3.8) is 0 Å². The molecule has 0 radical (unpaired) electrons. The van der Waals surface area contributed by atoms with Crippen LogP contribution in [0.4, 0.5) is 5.69 Å². The molecule has 5 nitrogen and oxygen atoms in total. The van der Waals surface area contributed by atoms with E-state index in [9.17, 15) is 4.79 Å². The first-order chi connectivity index (χ1) is 12.7. The molecule has 3 aromatic heterocycles. The average Bonchev–Trinajstić information content (AvgIpc) is 3.00. The lowest BCUT2D eigenvalue weighted by Crippen LogP contribution is -2.27. The molecule has 7 heteroatoms. The fraction of sp³-hybridized carbons (Fsp3) is 0.211. The summed E-state index contributed by atoms with van der Waals surface area (Å²) in [6.07, 6.45) is 7.20. The van der Waals surface area contributed by atoms with E-state index >= 15 is 0 Å². The molecule has 1 N–H and O–H groups in total. The van der Waals surface area contributed by atoms with Crippen molar-refractivity contribution in [1.29, 1.82) is 0 Å². The zero-order chi connectivity index (χ0) is 17.7. The van der Waals surface area contributed by atoms with Gasteiger partial charge >= 0.3 is 0 Å². The van der Waals surface area contributed by atoms with Gasteiger partial charge in [-0.05, 0) is 49.6 Å². The molecule has 5 rings (SSSR count). The number of hydrogen-bond acceptors (Lipinski definition) is 5. The topological polar surface area (TPSA) is 59.8 Å².